The molecule has 6 heteroatoms. The predicted molar refractivity (Wildman–Crippen MR) is 64.6 cm³/mol. The van der Waals surface area contributed by atoms with Crippen molar-refractivity contribution in [3.05, 3.63) is 21.2 Å². The van der Waals surface area contributed by atoms with E-state index in [1.54, 1.807) is 0 Å². The van der Waals surface area contributed by atoms with E-state index in [-0.39, 0.29) is 5.56 Å². The number of H-pyrrole nitrogens is 1. The minimum Gasteiger partial charge on any atom is -0.390 e. The van der Waals surface area contributed by atoms with Crippen LogP contribution in [0.3, 0.4) is 0 Å². The third-order valence-electron chi connectivity index (χ3n) is 2.92. The number of nitrogens with zero attached hydrogens (tertiary/aromatic N) is 2. The molecule has 0 radical (unpaired) electrons. The van der Waals surface area contributed by atoms with Crippen LogP contribution in [0.1, 0.15) is 19.8 Å². The molecular weight excluding hydrogens is 274 g/mol. The normalized spacial score (nSPS) is 19.8. The predicted octanol–water partition coefficient (Wildman–Crippen LogP) is 0.884. The molecule has 16 heavy (non-hydrogen) atoms. The van der Waals surface area contributed by atoms with Gasteiger partial charge in [-0.15, -0.1) is 0 Å². The molecule has 1 aliphatic rings. The van der Waals surface area contributed by atoms with Crippen molar-refractivity contribution in [2.75, 3.05) is 18.0 Å². The summed E-state index contributed by atoms with van der Waals surface area (Å²) >= 11 is 3.23. The van der Waals surface area contributed by atoms with Crippen LogP contribution < -0.4 is 10.5 Å². The maximum atomic E-state index is 11.4. The topological polar surface area (TPSA) is 69.2 Å². The average molecular weight is 288 g/mol. The molecule has 0 unspecified atom stereocenters. The minimum absolute atomic E-state index is 0.178. The van der Waals surface area contributed by atoms with Crippen LogP contribution in [0.15, 0.2) is 15.6 Å². The molecule has 1 aliphatic heterocycles. The molecule has 0 spiro atoms. The van der Waals surface area contributed by atoms with Crippen molar-refractivity contribution < 1.29 is 5.11 Å². The third-order valence-corrected chi connectivity index (χ3v) is 3.63. The van der Waals surface area contributed by atoms with Gasteiger partial charge in [-0.3, -0.25) is 4.79 Å². The fraction of sp³-hybridized carbons (Fsp3) is 0.600. The molecule has 0 atom stereocenters. The largest absolute Gasteiger partial charge is 0.390 e. The van der Waals surface area contributed by atoms with Gasteiger partial charge in [0.15, 0.2) is 0 Å². The molecule has 0 amide bonds. The van der Waals surface area contributed by atoms with Crippen molar-refractivity contribution in [1.29, 1.82) is 0 Å². The smallest absolute Gasteiger partial charge is 0.267 e. The third kappa shape index (κ3) is 2.27. The van der Waals surface area contributed by atoms with Gasteiger partial charge in [0.2, 0.25) is 0 Å². The highest BCUT2D eigenvalue weighted by Gasteiger charge is 2.28. The van der Waals surface area contributed by atoms with E-state index in [4.69, 9.17) is 0 Å². The summed E-state index contributed by atoms with van der Waals surface area (Å²) in [6.45, 7) is 3.26. The maximum absolute atomic E-state index is 11.4. The van der Waals surface area contributed by atoms with Crippen molar-refractivity contribution in [2.45, 2.75) is 25.4 Å². The number of halogens is 1. The van der Waals surface area contributed by atoms with Gasteiger partial charge in [0.05, 0.1) is 11.9 Å². The van der Waals surface area contributed by atoms with Gasteiger partial charge >= 0.3 is 0 Å². The van der Waals surface area contributed by atoms with E-state index >= 15 is 0 Å². The average Bonchev–Trinajstić information content (AvgIpc) is 2.23. The van der Waals surface area contributed by atoms with Gasteiger partial charge in [-0.1, -0.05) is 0 Å². The molecular formula is C10H14BrN3O2. The second kappa shape index (κ2) is 4.18. The number of anilines is 1. The number of rotatable bonds is 1. The number of aliphatic hydroxyl groups is 1. The first-order valence-corrected chi connectivity index (χ1v) is 5.99. The Hall–Kier alpha value is -0.880. The van der Waals surface area contributed by atoms with Crippen LogP contribution >= 0.6 is 15.9 Å². The number of nitrogens with one attached hydrogen (secondary N) is 1. The van der Waals surface area contributed by atoms with Gasteiger partial charge < -0.3 is 15.0 Å². The Morgan fingerprint density at radius 1 is 1.56 bits per heavy atom. The number of hydrogen-bond acceptors (Lipinski definition) is 4. The molecule has 1 aromatic heterocycles. The van der Waals surface area contributed by atoms with Crippen LogP contribution in [0.4, 0.5) is 5.82 Å². The molecule has 0 aromatic carbocycles. The zero-order chi connectivity index (χ0) is 11.8. The van der Waals surface area contributed by atoms with Gasteiger partial charge in [-0.25, -0.2) is 4.98 Å². The van der Waals surface area contributed by atoms with E-state index < -0.39 is 5.60 Å². The van der Waals surface area contributed by atoms with Crippen LogP contribution in [-0.4, -0.2) is 33.8 Å². The van der Waals surface area contributed by atoms with E-state index in [1.165, 1.54) is 6.33 Å². The van der Waals surface area contributed by atoms with Gasteiger partial charge in [-0.2, -0.15) is 0 Å². The Balaban J connectivity index is 2.21. The lowest BCUT2D eigenvalue weighted by atomic mass is 9.94. The molecule has 1 fully saturated rings. The molecule has 0 bridgehead atoms. The number of hydrogen-bond donors (Lipinski definition) is 2. The van der Waals surface area contributed by atoms with E-state index in [9.17, 15) is 9.90 Å². The lowest BCUT2D eigenvalue weighted by Crippen LogP contribution is -2.43. The molecule has 2 rings (SSSR count). The fourth-order valence-corrected chi connectivity index (χ4v) is 2.26. The molecule has 2 N–H and O–H groups in total. The highest BCUT2D eigenvalue weighted by molar-refractivity contribution is 9.10. The molecule has 88 valence electrons. The van der Waals surface area contributed by atoms with Gasteiger partial charge in [0.25, 0.3) is 5.56 Å². The summed E-state index contributed by atoms with van der Waals surface area (Å²) < 4.78 is 0.455. The van der Waals surface area contributed by atoms with Crippen LogP contribution in [-0.2, 0) is 0 Å². The van der Waals surface area contributed by atoms with Crippen molar-refractivity contribution >= 4 is 21.7 Å². The zero-order valence-corrected chi connectivity index (χ0v) is 10.6. The maximum Gasteiger partial charge on any atom is 0.267 e. The quantitative estimate of drug-likeness (QED) is 0.805. The first-order valence-electron chi connectivity index (χ1n) is 5.20. The molecule has 0 aliphatic carbocycles. The highest BCUT2D eigenvalue weighted by Crippen LogP contribution is 2.27. The Kier molecular flexibility index (Phi) is 3.03. The summed E-state index contributed by atoms with van der Waals surface area (Å²) in [5.41, 5.74) is -0.771. The van der Waals surface area contributed by atoms with Crippen LogP contribution in [0.5, 0.6) is 0 Å². The van der Waals surface area contributed by atoms with Gasteiger partial charge in [0.1, 0.15) is 10.3 Å². The van der Waals surface area contributed by atoms with E-state index in [1.807, 2.05) is 11.8 Å². The van der Waals surface area contributed by atoms with Crippen LogP contribution in [0, 0.1) is 0 Å². The lowest BCUT2D eigenvalue weighted by Gasteiger charge is -2.36. The molecule has 5 nitrogen and oxygen atoms in total. The van der Waals surface area contributed by atoms with Crippen molar-refractivity contribution in [3.8, 4) is 0 Å². The Morgan fingerprint density at radius 2 is 2.19 bits per heavy atom. The fourth-order valence-electron chi connectivity index (χ4n) is 1.79. The number of piperidine rings is 1. The Labute approximate surface area is 102 Å². The van der Waals surface area contributed by atoms with E-state index in [0.717, 1.165) is 0 Å². The molecule has 1 saturated heterocycles. The standard InChI is InChI=1S/C10H14BrN3O2/c1-10(16)2-4-14(5-3-10)8-7(11)9(15)13-6-12-8/h6,16H,2-5H2,1H3,(H,12,13,15). The summed E-state index contributed by atoms with van der Waals surface area (Å²) in [7, 11) is 0. The molecule has 0 saturated carbocycles. The van der Waals surface area contributed by atoms with Crippen LogP contribution in [0.2, 0.25) is 0 Å². The monoisotopic (exact) mass is 287 g/mol. The summed E-state index contributed by atoms with van der Waals surface area (Å²) in [6.07, 6.45) is 2.77. The van der Waals surface area contributed by atoms with E-state index in [0.29, 0.717) is 36.2 Å². The highest BCUT2D eigenvalue weighted by atomic mass is 79.9. The first kappa shape index (κ1) is 11.6. The minimum atomic E-state index is -0.593. The summed E-state index contributed by atoms with van der Waals surface area (Å²) in [4.78, 5) is 20.1. The summed E-state index contributed by atoms with van der Waals surface area (Å²) in [6, 6.07) is 0. The van der Waals surface area contributed by atoms with Crippen LogP contribution in [0.25, 0.3) is 0 Å². The zero-order valence-electron chi connectivity index (χ0n) is 9.03. The van der Waals surface area contributed by atoms with Crippen molar-refractivity contribution in [3.63, 3.8) is 0 Å². The van der Waals surface area contributed by atoms with Crippen molar-refractivity contribution in [1.82, 2.24) is 9.97 Å². The van der Waals surface area contributed by atoms with E-state index in [2.05, 4.69) is 25.9 Å². The first-order chi connectivity index (χ1) is 7.49. The van der Waals surface area contributed by atoms with Gasteiger partial charge in [-0.05, 0) is 35.7 Å². The SMILES string of the molecule is CC1(O)CCN(c2nc[nH]c(=O)c2Br)CC1. The Morgan fingerprint density at radius 3 is 2.81 bits per heavy atom. The van der Waals surface area contributed by atoms with Gasteiger partial charge in [0, 0.05) is 13.1 Å². The molecule has 1 aromatic rings. The summed E-state index contributed by atoms with van der Waals surface area (Å²) in [5.74, 6) is 0.652. The molecule has 2 heterocycles. The second-order valence-corrected chi connectivity index (χ2v) is 5.15. The number of aromatic amines is 1. The second-order valence-electron chi connectivity index (χ2n) is 4.35. The Bertz CT molecular complexity index is 434. The summed E-state index contributed by atoms with van der Waals surface area (Å²) in [5, 5.41) is 9.84. The number of aromatic nitrogens is 2. The van der Waals surface area contributed by atoms with Crippen molar-refractivity contribution in [2.24, 2.45) is 0 Å². The lowest BCUT2D eigenvalue weighted by molar-refractivity contribution is 0.0350.